The van der Waals surface area contributed by atoms with Crippen molar-refractivity contribution in [1.82, 2.24) is 0 Å². The van der Waals surface area contributed by atoms with Crippen LogP contribution in [-0.2, 0) is 32.7 Å². The Kier molecular flexibility index (Phi) is 7.81. The zero-order valence-electron chi connectivity index (χ0n) is 6.81. The molecule has 0 aliphatic heterocycles. The fourth-order valence-electron chi connectivity index (χ4n) is 0.667. The summed E-state index contributed by atoms with van der Waals surface area (Å²) in [4.78, 5) is 0. The summed E-state index contributed by atoms with van der Waals surface area (Å²) >= 11 is 0. The van der Waals surface area contributed by atoms with Crippen LogP contribution in [0.2, 0.25) is 0 Å². The van der Waals surface area contributed by atoms with Crippen LogP contribution in [0.3, 0.4) is 0 Å². The third kappa shape index (κ3) is 5.30. The molecule has 0 fully saturated rings. The third-order valence-electron chi connectivity index (χ3n) is 1.33. The number of rotatable bonds is 2. The molecule has 51 valence electrons. The van der Waals surface area contributed by atoms with E-state index >= 15 is 0 Å². The summed E-state index contributed by atoms with van der Waals surface area (Å²) in [7, 11) is 0. The molecule has 0 rings (SSSR count). The zero-order valence-corrected chi connectivity index (χ0v) is 9.65. The van der Waals surface area contributed by atoms with Gasteiger partial charge in [0, 0.05) is 32.7 Å². The Morgan fingerprint density at radius 2 is 1.22 bits per heavy atom. The molecule has 0 N–H and O–H groups in total. The maximum Gasteiger partial charge on any atom is 0 e. The predicted molar refractivity (Wildman–Crippen MR) is 37.5 cm³/mol. The molecule has 0 unspecified atom stereocenters. The molecule has 0 saturated carbocycles. The van der Waals surface area contributed by atoms with E-state index < -0.39 is 0 Å². The zero-order chi connectivity index (χ0) is 6.73. The van der Waals surface area contributed by atoms with E-state index in [2.05, 4.69) is 27.7 Å². The van der Waals surface area contributed by atoms with Crippen LogP contribution in [0, 0.1) is 18.4 Å². The van der Waals surface area contributed by atoms with Gasteiger partial charge in [-0.25, -0.2) is 0 Å². The molecule has 0 amide bonds. The fourth-order valence-corrected chi connectivity index (χ4v) is 0.667. The Bertz CT molecular complexity index is 72.6. The molecule has 0 nitrogen and oxygen atoms in total. The van der Waals surface area contributed by atoms with Crippen LogP contribution < -0.4 is 0 Å². The van der Waals surface area contributed by atoms with Crippen LogP contribution >= 0.6 is 0 Å². The minimum absolute atomic E-state index is 0. The third-order valence-corrected chi connectivity index (χ3v) is 1.33. The molecule has 0 aliphatic carbocycles. The van der Waals surface area contributed by atoms with Gasteiger partial charge in [0.15, 0.2) is 0 Å². The van der Waals surface area contributed by atoms with Crippen LogP contribution in [0.15, 0.2) is 5.57 Å². The van der Waals surface area contributed by atoms with Crippen LogP contribution in [0.5, 0.6) is 0 Å². The summed E-state index contributed by atoms with van der Waals surface area (Å²) in [6.45, 7) is 14.2. The van der Waals surface area contributed by atoms with Crippen molar-refractivity contribution in [2.45, 2.75) is 27.7 Å². The van der Waals surface area contributed by atoms with Crippen molar-refractivity contribution in [2.75, 3.05) is 0 Å². The Morgan fingerprint density at radius 1 is 1.00 bits per heavy atom. The van der Waals surface area contributed by atoms with Gasteiger partial charge in [-0.3, -0.25) is 5.57 Å². The molecule has 0 saturated heterocycles. The van der Waals surface area contributed by atoms with E-state index in [1.54, 1.807) is 0 Å². The van der Waals surface area contributed by atoms with E-state index in [9.17, 15) is 0 Å². The van der Waals surface area contributed by atoms with Crippen LogP contribution in [-0.4, -0.2) is 0 Å². The first-order chi connectivity index (χ1) is 3.55. The molecule has 0 atom stereocenters. The van der Waals surface area contributed by atoms with Crippen molar-refractivity contribution < 1.29 is 32.7 Å². The Hall–Kier alpha value is 0.844. The first-order valence-electron chi connectivity index (χ1n) is 3.18. The van der Waals surface area contributed by atoms with Crippen molar-refractivity contribution >= 4 is 0 Å². The molecule has 9 heavy (non-hydrogen) atoms. The second-order valence-electron chi connectivity index (χ2n) is 2.81. The van der Waals surface area contributed by atoms with Crippen molar-refractivity contribution in [1.29, 1.82) is 0 Å². The van der Waals surface area contributed by atoms with Gasteiger partial charge in [0.05, 0.1) is 0 Å². The molecule has 0 aliphatic rings. The summed E-state index contributed by atoms with van der Waals surface area (Å²) in [5.41, 5.74) is 1.10. The van der Waals surface area contributed by atoms with Gasteiger partial charge in [-0.05, 0) is 0 Å². The molecule has 0 aromatic carbocycles. The van der Waals surface area contributed by atoms with E-state index in [-0.39, 0.29) is 32.7 Å². The predicted octanol–water partition coefficient (Wildman–Crippen LogP) is 2.66. The summed E-state index contributed by atoms with van der Waals surface area (Å²) in [5, 5.41) is 0. The van der Waals surface area contributed by atoms with Gasteiger partial charge in [-0.15, -0.1) is 0 Å². The van der Waals surface area contributed by atoms with Crippen LogP contribution in [0.4, 0.5) is 0 Å². The topological polar surface area (TPSA) is 0 Å². The Labute approximate surface area is 84.0 Å². The van der Waals surface area contributed by atoms with Gasteiger partial charge < -0.3 is 6.58 Å². The van der Waals surface area contributed by atoms with Gasteiger partial charge in [0.1, 0.15) is 0 Å². The number of hydrogen-bond acceptors (Lipinski definition) is 0. The summed E-state index contributed by atoms with van der Waals surface area (Å²) < 4.78 is 0. The summed E-state index contributed by atoms with van der Waals surface area (Å²) in [6.07, 6.45) is 0. The Balaban J connectivity index is 0. The van der Waals surface area contributed by atoms with E-state index in [1.165, 1.54) is 0 Å². The maximum atomic E-state index is 5.68. The van der Waals surface area contributed by atoms with Crippen molar-refractivity contribution in [3.8, 4) is 0 Å². The molecule has 0 aromatic heterocycles. The summed E-state index contributed by atoms with van der Waals surface area (Å²) in [5.74, 6) is 1.07. The second-order valence-corrected chi connectivity index (χ2v) is 2.81. The first kappa shape index (κ1) is 12.5. The minimum atomic E-state index is 0. The number of hydrogen-bond donors (Lipinski definition) is 0. The first-order valence-corrected chi connectivity index (χ1v) is 3.18. The van der Waals surface area contributed by atoms with Gasteiger partial charge >= 0.3 is 0 Å². The molecule has 0 aromatic rings. The van der Waals surface area contributed by atoms with Crippen molar-refractivity contribution in [3.63, 3.8) is 0 Å². The average Bonchev–Trinajstić information content (AvgIpc) is 1.64. The molecule has 0 heterocycles. The van der Waals surface area contributed by atoms with Gasteiger partial charge in [0.25, 0.3) is 0 Å². The monoisotopic (exact) mass is 200 g/mol. The molecule has 1 radical (unpaired) electrons. The summed E-state index contributed by atoms with van der Waals surface area (Å²) in [6, 6.07) is 0. The van der Waals surface area contributed by atoms with Gasteiger partial charge in [-0.2, -0.15) is 0 Å². The van der Waals surface area contributed by atoms with E-state index in [4.69, 9.17) is 6.58 Å². The normalized spacial score (nSPS) is 9.56. The van der Waals surface area contributed by atoms with E-state index in [0.29, 0.717) is 11.8 Å². The minimum Gasteiger partial charge on any atom is -0.514 e. The standard InChI is InChI=1S/C8H15.Y/c1-6(2)8(5)7(3)4;/h5-7H,1-4H3;/q-1;. The molecule has 1 heteroatoms. The van der Waals surface area contributed by atoms with Crippen LogP contribution in [0.1, 0.15) is 27.7 Å². The van der Waals surface area contributed by atoms with Gasteiger partial charge in [-0.1, -0.05) is 39.5 Å². The van der Waals surface area contributed by atoms with E-state index in [1.807, 2.05) is 0 Å². The SMILES string of the molecule is [CH-]=C(C(C)C)C(C)C.[Y]. The fraction of sp³-hybridized carbons (Fsp3) is 0.750. The Morgan fingerprint density at radius 3 is 1.22 bits per heavy atom. The van der Waals surface area contributed by atoms with E-state index in [0.717, 1.165) is 5.57 Å². The van der Waals surface area contributed by atoms with Crippen molar-refractivity contribution in [2.24, 2.45) is 11.8 Å². The molecular weight excluding hydrogens is 185 g/mol. The average molecular weight is 200 g/mol. The molecular formula is C8H15Y-. The second kappa shape index (κ2) is 5.62. The quantitative estimate of drug-likeness (QED) is 0.601. The molecule has 0 bridgehead atoms. The van der Waals surface area contributed by atoms with Crippen LogP contribution in [0.25, 0.3) is 0 Å². The van der Waals surface area contributed by atoms with Crippen molar-refractivity contribution in [3.05, 3.63) is 12.2 Å². The smallest absolute Gasteiger partial charge is 0 e. The largest absolute Gasteiger partial charge is 0.514 e. The molecule has 0 spiro atoms. The number of allylic oxidation sites excluding steroid dienone is 1. The maximum absolute atomic E-state index is 5.68. The van der Waals surface area contributed by atoms with Gasteiger partial charge in [0.2, 0.25) is 0 Å².